The molecule has 1 amide bonds. The van der Waals surface area contributed by atoms with Gasteiger partial charge in [-0.1, -0.05) is 37.3 Å². The van der Waals surface area contributed by atoms with E-state index in [-0.39, 0.29) is 17.6 Å². The van der Waals surface area contributed by atoms with Crippen LogP contribution in [-0.4, -0.2) is 36.2 Å². The number of benzene rings is 3. The van der Waals surface area contributed by atoms with E-state index < -0.39 is 11.6 Å². The summed E-state index contributed by atoms with van der Waals surface area (Å²) in [6.07, 6.45) is 1.81. The SMILES string of the molecule is CCN1CCCC(C(=O)Nc2sc3c(N)ccc4c3c2C(N)C(=O)C4(N)c2ccc(Oc3ccccc3)cc2C)C1. The number of nitrogens with zero attached hydrogens (tertiary/aromatic N) is 1. The lowest BCUT2D eigenvalue weighted by Crippen LogP contribution is -2.52. The highest BCUT2D eigenvalue weighted by Crippen LogP contribution is 2.52. The number of Topliss-reactive ketones (excluding diaryl/α,β-unsaturated/α-hetero) is 1. The highest BCUT2D eigenvalue weighted by atomic mass is 32.1. The van der Waals surface area contributed by atoms with Gasteiger partial charge in [-0.15, -0.1) is 11.3 Å². The van der Waals surface area contributed by atoms with Crippen LogP contribution in [0.15, 0.2) is 60.7 Å². The number of aryl methyl sites for hydroxylation is 1. The molecule has 3 aromatic carbocycles. The molecular formula is C32H35N5O3S. The number of rotatable bonds is 6. The van der Waals surface area contributed by atoms with Gasteiger partial charge in [-0.05, 0) is 79.9 Å². The molecular weight excluding hydrogens is 534 g/mol. The second kappa shape index (κ2) is 10.6. The summed E-state index contributed by atoms with van der Waals surface area (Å²) in [6.45, 7) is 6.65. The number of amides is 1. The Labute approximate surface area is 243 Å². The van der Waals surface area contributed by atoms with Crippen molar-refractivity contribution in [2.75, 3.05) is 30.7 Å². The van der Waals surface area contributed by atoms with Crippen LogP contribution in [0.2, 0.25) is 0 Å². The number of piperidine rings is 1. The second-order valence-electron chi connectivity index (χ2n) is 11.0. The first-order chi connectivity index (χ1) is 19.7. The van der Waals surface area contributed by atoms with Crippen molar-refractivity contribution in [2.45, 2.75) is 38.3 Å². The molecule has 0 bridgehead atoms. The minimum Gasteiger partial charge on any atom is -0.457 e. The number of nitrogens with one attached hydrogen (secondary N) is 1. The molecule has 1 aromatic heterocycles. The maximum Gasteiger partial charge on any atom is 0.229 e. The Hall–Kier alpha value is -3.76. The number of para-hydroxylation sites is 1. The number of likely N-dealkylation sites (tertiary alicyclic amines) is 1. The van der Waals surface area contributed by atoms with Crippen LogP contribution in [0.4, 0.5) is 10.7 Å². The Balaban J connectivity index is 1.41. The number of nitrogens with two attached hydrogens (primary N) is 3. The number of anilines is 2. The number of hydrogen-bond acceptors (Lipinski definition) is 8. The number of nitrogen functional groups attached to an aromatic ring is 1. The molecule has 3 unspecified atom stereocenters. The molecule has 0 radical (unpaired) electrons. The highest BCUT2D eigenvalue weighted by molar-refractivity contribution is 7.24. The fraction of sp³-hybridized carbons (Fsp3) is 0.312. The zero-order valence-electron chi connectivity index (χ0n) is 23.3. The van der Waals surface area contributed by atoms with Crippen LogP contribution in [0.5, 0.6) is 11.5 Å². The maximum atomic E-state index is 14.2. The van der Waals surface area contributed by atoms with Crippen LogP contribution >= 0.6 is 11.3 Å². The molecule has 8 nitrogen and oxygen atoms in total. The molecule has 1 aliphatic carbocycles. The summed E-state index contributed by atoms with van der Waals surface area (Å²) in [7, 11) is 0. The normalized spacial score (nSPS) is 22.6. The van der Waals surface area contributed by atoms with Crippen LogP contribution < -0.4 is 27.3 Å². The molecule has 7 N–H and O–H groups in total. The number of hydrogen-bond donors (Lipinski definition) is 4. The van der Waals surface area contributed by atoms with Crippen molar-refractivity contribution in [3.63, 3.8) is 0 Å². The van der Waals surface area contributed by atoms with Gasteiger partial charge in [0.1, 0.15) is 22.0 Å². The molecule has 212 valence electrons. The number of ether oxygens (including phenoxy) is 1. The summed E-state index contributed by atoms with van der Waals surface area (Å²) < 4.78 is 6.78. The Bertz CT molecular complexity index is 1650. The summed E-state index contributed by atoms with van der Waals surface area (Å²) in [5.74, 6) is 0.842. The minimum atomic E-state index is -1.50. The van der Waals surface area contributed by atoms with E-state index in [4.69, 9.17) is 21.9 Å². The molecule has 0 spiro atoms. The average molecular weight is 570 g/mol. The van der Waals surface area contributed by atoms with E-state index >= 15 is 0 Å². The lowest BCUT2D eigenvalue weighted by molar-refractivity contribution is -0.125. The summed E-state index contributed by atoms with van der Waals surface area (Å²) in [5.41, 5.74) is 22.0. The first-order valence-corrected chi connectivity index (χ1v) is 14.8. The molecule has 3 atom stereocenters. The smallest absolute Gasteiger partial charge is 0.229 e. The van der Waals surface area contributed by atoms with Gasteiger partial charge in [0.2, 0.25) is 5.91 Å². The monoisotopic (exact) mass is 569 g/mol. The zero-order chi connectivity index (χ0) is 28.9. The van der Waals surface area contributed by atoms with Crippen LogP contribution in [-0.2, 0) is 15.1 Å². The summed E-state index contributed by atoms with van der Waals surface area (Å²) in [4.78, 5) is 29.8. The Kier molecular flexibility index (Phi) is 7.07. The van der Waals surface area contributed by atoms with Crippen LogP contribution in [0, 0.1) is 12.8 Å². The lowest BCUT2D eigenvalue weighted by atomic mass is 9.70. The molecule has 1 fully saturated rings. The van der Waals surface area contributed by atoms with E-state index in [0.29, 0.717) is 38.9 Å². The summed E-state index contributed by atoms with van der Waals surface area (Å²) in [5, 5.41) is 4.45. The fourth-order valence-corrected chi connectivity index (χ4v) is 7.49. The van der Waals surface area contributed by atoms with Crippen molar-refractivity contribution in [2.24, 2.45) is 17.4 Å². The van der Waals surface area contributed by atoms with Gasteiger partial charge in [-0.25, -0.2) is 0 Å². The quantitative estimate of drug-likeness (QED) is 0.239. The van der Waals surface area contributed by atoms with Gasteiger partial charge in [0.25, 0.3) is 0 Å². The molecule has 6 rings (SSSR count). The van der Waals surface area contributed by atoms with Gasteiger partial charge in [0, 0.05) is 23.2 Å². The summed E-state index contributed by atoms with van der Waals surface area (Å²) >= 11 is 1.36. The van der Waals surface area contributed by atoms with Gasteiger partial charge in [-0.3, -0.25) is 9.59 Å². The van der Waals surface area contributed by atoms with Gasteiger partial charge in [0.05, 0.1) is 16.7 Å². The number of carbonyl (C=O) groups is 2. The van der Waals surface area contributed by atoms with E-state index in [1.54, 1.807) is 6.07 Å². The lowest BCUT2D eigenvalue weighted by Gasteiger charge is -2.37. The van der Waals surface area contributed by atoms with Crippen molar-refractivity contribution < 1.29 is 14.3 Å². The van der Waals surface area contributed by atoms with E-state index in [9.17, 15) is 9.59 Å². The topological polar surface area (TPSA) is 137 Å². The van der Waals surface area contributed by atoms with Crippen LogP contribution in [0.1, 0.15) is 48.1 Å². The van der Waals surface area contributed by atoms with Crippen LogP contribution in [0.3, 0.4) is 0 Å². The van der Waals surface area contributed by atoms with Crippen molar-refractivity contribution in [3.8, 4) is 11.5 Å². The van der Waals surface area contributed by atoms with Gasteiger partial charge in [-0.2, -0.15) is 0 Å². The van der Waals surface area contributed by atoms with Crippen molar-refractivity contribution >= 4 is 43.8 Å². The maximum absolute atomic E-state index is 14.2. The first-order valence-electron chi connectivity index (χ1n) is 14.0. The third kappa shape index (κ3) is 4.59. The molecule has 9 heteroatoms. The zero-order valence-corrected chi connectivity index (χ0v) is 24.1. The molecule has 4 aromatic rings. The molecule has 41 heavy (non-hydrogen) atoms. The molecule has 0 saturated carbocycles. The Morgan fingerprint density at radius 3 is 2.61 bits per heavy atom. The number of carbonyl (C=O) groups excluding carboxylic acids is 2. The summed E-state index contributed by atoms with van der Waals surface area (Å²) in [6, 6.07) is 17.6. The molecule has 2 heterocycles. The highest BCUT2D eigenvalue weighted by Gasteiger charge is 2.49. The Morgan fingerprint density at radius 2 is 1.88 bits per heavy atom. The van der Waals surface area contributed by atoms with E-state index in [1.807, 2.05) is 61.5 Å². The predicted molar refractivity (Wildman–Crippen MR) is 164 cm³/mol. The van der Waals surface area contributed by atoms with E-state index in [2.05, 4.69) is 17.1 Å². The largest absolute Gasteiger partial charge is 0.457 e. The van der Waals surface area contributed by atoms with Crippen molar-refractivity contribution in [1.82, 2.24) is 4.90 Å². The third-order valence-corrected chi connectivity index (χ3v) is 9.65. The van der Waals surface area contributed by atoms with Crippen LogP contribution in [0.25, 0.3) is 10.1 Å². The third-order valence-electron chi connectivity index (χ3n) is 8.48. The molecule has 1 aliphatic heterocycles. The first kappa shape index (κ1) is 27.4. The van der Waals surface area contributed by atoms with Crippen molar-refractivity contribution in [1.29, 1.82) is 0 Å². The van der Waals surface area contributed by atoms with Crippen molar-refractivity contribution in [3.05, 3.63) is 82.9 Å². The molecule has 1 saturated heterocycles. The van der Waals surface area contributed by atoms with Gasteiger partial charge >= 0.3 is 0 Å². The standard InChI is InChI=1S/C32H35N5O3S/c1-3-37-15-7-8-19(17-37)30(39)36-31-26-25-23(13-14-24(33)28(25)41-31)32(35,29(38)27(26)34)22-12-11-21(16-18(22)2)40-20-9-5-4-6-10-20/h4-6,9-14,16,19,27H,3,7-8,15,17,33-35H2,1-2H3,(H,36,39). The number of ketones is 1. The Morgan fingerprint density at radius 1 is 1.12 bits per heavy atom. The van der Waals surface area contributed by atoms with Gasteiger partial charge < -0.3 is 32.2 Å². The second-order valence-corrected chi connectivity index (χ2v) is 12.0. The molecule has 2 aliphatic rings. The minimum absolute atomic E-state index is 0.0554. The average Bonchev–Trinajstić information content (AvgIpc) is 3.36. The van der Waals surface area contributed by atoms with Gasteiger partial charge in [0.15, 0.2) is 5.78 Å². The van der Waals surface area contributed by atoms with E-state index in [1.165, 1.54) is 11.3 Å². The number of thiophene rings is 1. The fourth-order valence-electron chi connectivity index (χ4n) is 6.29. The predicted octanol–water partition coefficient (Wildman–Crippen LogP) is 5.04. The van der Waals surface area contributed by atoms with E-state index in [0.717, 1.165) is 48.1 Å².